The smallest absolute Gasteiger partial charge is 0.232 e. The molecule has 2 atom stereocenters. The summed E-state index contributed by atoms with van der Waals surface area (Å²) in [6.45, 7) is 8.82. The van der Waals surface area contributed by atoms with E-state index in [1.165, 1.54) is 12.8 Å². The summed E-state index contributed by atoms with van der Waals surface area (Å²) < 4.78 is 17.4. The van der Waals surface area contributed by atoms with Gasteiger partial charge >= 0.3 is 0 Å². The van der Waals surface area contributed by atoms with Gasteiger partial charge in [0.2, 0.25) is 5.88 Å². The molecule has 4 heterocycles. The number of β-amino-alcohol motifs (C(OH)–C–C–N with tert-alkyl or cyclic N) is 1. The van der Waals surface area contributed by atoms with E-state index in [0.29, 0.717) is 19.6 Å². The maximum Gasteiger partial charge on any atom is 0.232 e. The van der Waals surface area contributed by atoms with Crippen molar-refractivity contribution in [3.05, 3.63) is 35.9 Å². The van der Waals surface area contributed by atoms with E-state index in [0.717, 1.165) is 88.1 Å². The first kappa shape index (κ1) is 23.8. The second-order valence-corrected chi connectivity index (χ2v) is 9.77. The molecule has 1 N–H and O–H groups in total. The van der Waals surface area contributed by atoms with Crippen molar-refractivity contribution in [2.45, 2.75) is 44.4 Å². The third-order valence-corrected chi connectivity index (χ3v) is 7.12. The summed E-state index contributed by atoms with van der Waals surface area (Å²) in [5, 5.41) is 15.6. The highest BCUT2D eigenvalue weighted by atomic mass is 16.5. The second kappa shape index (κ2) is 11.6. The fourth-order valence-electron chi connectivity index (χ4n) is 5.38. The van der Waals surface area contributed by atoms with Crippen molar-refractivity contribution >= 4 is 5.88 Å². The molecule has 8 heteroatoms. The number of morpholine rings is 1. The van der Waals surface area contributed by atoms with Crippen LogP contribution in [0.5, 0.6) is 0 Å². The van der Waals surface area contributed by atoms with Gasteiger partial charge in [-0.25, -0.2) is 0 Å². The Hall–Kier alpha value is -1.97. The van der Waals surface area contributed by atoms with Gasteiger partial charge in [0.15, 0.2) is 0 Å². The zero-order valence-corrected chi connectivity index (χ0v) is 20.1. The Morgan fingerprint density at radius 1 is 1.03 bits per heavy atom. The number of benzene rings is 1. The Kier molecular flexibility index (Phi) is 8.13. The Balaban J connectivity index is 1.37. The number of aromatic nitrogens is 1. The molecule has 0 bridgehead atoms. The SMILES string of the molecule is OC(CN1CCOCC1)CN(Cc1c(-c2ccccc2)noc1N1CCCC1)CC1CCCO1. The van der Waals surface area contributed by atoms with Crippen LogP contribution in [0.1, 0.15) is 31.2 Å². The molecule has 8 nitrogen and oxygen atoms in total. The highest BCUT2D eigenvalue weighted by Gasteiger charge is 2.29. The molecule has 3 saturated heterocycles. The number of rotatable bonds is 10. The standard InChI is InChI=1S/C26H38N4O4/c31-22(17-28-12-15-32-16-13-28)18-29(19-23-9-6-14-33-23)20-24-25(21-7-2-1-3-8-21)27-34-26(24)30-10-4-5-11-30/h1-3,7-8,22-23,31H,4-6,9-20H2. The predicted molar refractivity (Wildman–Crippen MR) is 131 cm³/mol. The van der Waals surface area contributed by atoms with Crippen LogP contribution < -0.4 is 4.90 Å². The van der Waals surface area contributed by atoms with Gasteiger partial charge in [-0.15, -0.1) is 0 Å². The molecule has 3 aliphatic rings. The maximum absolute atomic E-state index is 11.0. The topological polar surface area (TPSA) is 74.4 Å². The van der Waals surface area contributed by atoms with E-state index in [1.54, 1.807) is 0 Å². The van der Waals surface area contributed by atoms with E-state index in [2.05, 4.69) is 32.0 Å². The van der Waals surface area contributed by atoms with Gasteiger partial charge in [-0.05, 0) is 25.7 Å². The minimum Gasteiger partial charge on any atom is -0.390 e. The quantitative estimate of drug-likeness (QED) is 0.568. The monoisotopic (exact) mass is 470 g/mol. The molecular weight excluding hydrogens is 432 g/mol. The van der Waals surface area contributed by atoms with E-state index in [9.17, 15) is 5.11 Å². The van der Waals surface area contributed by atoms with E-state index >= 15 is 0 Å². The fourth-order valence-corrected chi connectivity index (χ4v) is 5.38. The van der Waals surface area contributed by atoms with E-state index in [4.69, 9.17) is 14.0 Å². The van der Waals surface area contributed by atoms with Gasteiger partial charge in [0.1, 0.15) is 5.69 Å². The molecule has 1 aromatic heterocycles. The molecule has 3 aliphatic heterocycles. The summed E-state index contributed by atoms with van der Waals surface area (Å²) in [7, 11) is 0. The van der Waals surface area contributed by atoms with Crippen molar-refractivity contribution in [3.8, 4) is 11.3 Å². The summed E-state index contributed by atoms with van der Waals surface area (Å²) in [4.78, 5) is 6.96. The second-order valence-electron chi connectivity index (χ2n) is 9.77. The zero-order chi connectivity index (χ0) is 23.2. The number of ether oxygens (including phenoxy) is 2. The third-order valence-electron chi connectivity index (χ3n) is 7.12. The van der Waals surface area contributed by atoms with Crippen molar-refractivity contribution in [2.75, 3.05) is 70.5 Å². The lowest BCUT2D eigenvalue weighted by atomic mass is 10.1. The van der Waals surface area contributed by atoms with Gasteiger partial charge < -0.3 is 24.0 Å². The first-order valence-corrected chi connectivity index (χ1v) is 12.9. The number of hydrogen-bond donors (Lipinski definition) is 1. The van der Waals surface area contributed by atoms with Crippen LogP contribution in [-0.2, 0) is 16.0 Å². The molecule has 5 rings (SSSR count). The van der Waals surface area contributed by atoms with Crippen LogP contribution in [0, 0.1) is 0 Å². The number of aliphatic hydroxyl groups is 1. The molecule has 34 heavy (non-hydrogen) atoms. The number of nitrogens with zero attached hydrogens (tertiary/aromatic N) is 4. The molecule has 0 aliphatic carbocycles. The van der Waals surface area contributed by atoms with Gasteiger partial charge in [-0.2, -0.15) is 0 Å². The summed E-state index contributed by atoms with van der Waals surface area (Å²) >= 11 is 0. The normalized spacial score (nSPS) is 22.6. The molecule has 0 amide bonds. The molecule has 0 saturated carbocycles. The summed E-state index contributed by atoms with van der Waals surface area (Å²) in [5.41, 5.74) is 3.09. The van der Waals surface area contributed by atoms with Crippen molar-refractivity contribution in [2.24, 2.45) is 0 Å². The predicted octanol–water partition coefficient (Wildman–Crippen LogP) is 2.62. The van der Waals surface area contributed by atoms with Gasteiger partial charge in [-0.1, -0.05) is 35.5 Å². The van der Waals surface area contributed by atoms with Crippen LogP contribution in [0.2, 0.25) is 0 Å². The molecule has 2 unspecified atom stereocenters. The van der Waals surface area contributed by atoms with E-state index in [-0.39, 0.29) is 6.10 Å². The lowest BCUT2D eigenvalue weighted by molar-refractivity contribution is -0.0000909. The van der Waals surface area contributed by atoms with E-state index in [1.807, 2.05) is 18.2 Å². The Morgan fingerprint density at radius 2 is 1.82 bits per heavy atom. The molecule has 186 valence electrons. The molecule has 0 spiro atoms. The lowest BCUT2D eigenvalue weighted by Gasteiger charge is -2.32. The van der Waals surface area contributed by atoms with Crippen molar-refractivity contribution in [1.29, 1.82) is 0 Å². The summed E-state index contributed by atoms with van der Waals surface area (Å²) in [6, 6.07) is 10.3. The highest BCUT2D eigenvalue weighted by Crippen LogP contribution is 2.34. The zero-order valence-electron chi connectivity index (χ0n) is 20.1. The molecular formula is C26H38N4O4. The average Bonchev–Trinajstić information content (AvgIpc) is 3.63. The number of anilines is 1. The first-order chi connectivity index (χ1) is 16.8. The first-order valence-electron chi connectivity index (χ1n) is 12.9. The van der Waals surface area contributed by atoms with Gasteiger partial charge in [0, 0.05) is 64.5 Å². The minimum atomic E-state index is -0.435. The van der Waals surface area contributed by atoms with Crippen LogP contribution in [0.15, 0.2) is 34.9 Å². The van der Waals surface area contributed by atoms with Crippen LogP contribution in [0.25, 0.3) is 11.3 Å². The van der Waals surface area contributed by atoms with Crippen LogP contribution in [0.4, 0.5) is 5.88 Å². The Bertz CT molecular complexity index is 874. The largest absolute Gasteiger partial charge is 0.390 e. The molecule has 3 fully saturated rings. The summed E-state index contributed by atoms with van der Waals surface area (Å²) in [5.74, 6) is 0.886. The van der Waals surface area contributed by atoms with Crippen molar-refractivity contribution < 1.29 is 19.1 Å². The van der Waals surface area contributed by atoms with Gasteiger partial charge in [0.05, 0.1) is 31.0 Å². The van der Waals surface area contributed by atoms with Gasteiger partial charge in [-0.3, -0.25) is 9.80 Å². The Labute approximate surface area is 202 Å². The Morgan fingerprint density at radius 3 is 2.56 bits per heavy atom. The van der Waals surface area contributed by atoms with Crippen LogP contribution in [-0.4, -0.2) is 97.9 Å². The lowest BCUT2D eigenvalue weighted by Crippen LogP contribution is -2.45. The molecule has 2 aromatic rings. The van der Waals surface area contributed by atoms with Crippen molar-refractivity contribution in [1.82, 2.24) is 15.0 Å². The molecule has 1 aromatic carbocycles. The maximum atomic E-state index is 11.0. The molecule has 0 radical (unpaired) electrons. The average molecular weight is 471 g/mol. The van der Waals surface area contributed by atoms with Crippen LogP contribution in [0.3, 0.4) is 0 Å². The van der Waals surface area contributed by atoms with E-state index < -0.39 is 6.10 Å². The minimum absolute atomic E-state index is 0.214. The van der Waals surface area contributed by atoms with Gasteiger partial charge in [0.25, 0.3) is 0 Å². The number of hydrogen-bond acceptors (Lipinski definition) is 8. The van der Waals surface area contributed by atoms with Crippen LogP contribution >= 0.6 is 0 Å². The third kappa shape index (κ3) is 5.98. The number of aliphatic hydroxyl groups excluding tert-OH is 1. The fraction of sp³-hybridized carbons (Fsp3) is 0.654. The summed E-state index contributed by atoms with van der Waals surface area (Å²) in [6.07, 6.45) is 4.32. The highest BCUT2D eigenvalue weighted by molar-refractivity contribution is 5.68. The van der Waals surface area contributed by atoms with Crippen molar-refractivity contribution in [3.63, 3.8) is 0 Å².